The number of aryl methyl sites for hydroxylation is 1. The van der Waals surface area contributed by atoms with E-state index in [0.29, 0.717) is 23.6 Å². The number of thioether (sulfide) groups is 1. The molecule has 0 unspecified atom stereocenters. The third-order valence-corrected chi connectivity index (χ3v) is 7.67. The molecule has 6 nitrogen and oxygen atoms in total. The molecular formula is C26H27N5OS. The largest absolute Gasteiger partial charge is 0.360 e. The first-order valence-electron chi connectivity index (χ1n) is 11.7. The summed E-state index contributed by atoms with van der Waals surface area (Å²) in [6, 6.07) is 16.8. The lowest BCUT2D eigenvalue weighted by Crippen LogP contribution is -2.39. The number of nitrogens with zero attached hydrogens (tertiary/aromatic N) is 3. The van der Waals surface area contributed by atoms with E-state index in [2.05, 4.69) is 56.3 Å². The van der Waals surface area contributed by atoms with E-state index < -0.39 is 0 Å². The highest BCUT2D eigenvalue weighted by atomic mass is 32.2. The number of carbonyl (C=O) groups excluding carboxylic acids is 1. The van der Waals surface area contributed by atoms with Gasteiger partial charge in [-0.2, -0.15) is 0 Å². The number of aromatic amines is 1. The summed E-state index contributed by atoms with van der Waals surface area (Å²) in [5, 5.41) is 14.3. The van der Waals surface area contributed by atoms with Crippen molar-refractivity contribution in [2.75, 3.05) is 5.75 Å². The normalized spacial score (nSPS) is 15.9. The molecule has 0 bridgehead atoms. The fourth-order valence-electron chi connectivity index (χ4n) is 4.71. The second kappa shape index (κ2) is 8.37. The number of hydrogen-bond acceptors (Lipinski definition) is 4. The second-order valence-corrected chi connectivity index (χ2v) is 10.2. The van der Waals surface area contributed by atoms with Crippen LogP contribution >= 0.6 is 11.8 Å². The number of hydrogen-bond donors (Lipinski definition) is 2. The molecule has 6 rings (SSSR count). The Morgan fingerprint density at radius 2 is 1.82 bits per heavy atom. The van der Waals surface area contributed by atoms with Crippen LogP contribution in [0.5, 0.6) is 0 Å². The van der Waals surface area contributed by atoms with Crippen LogP contribution in [0.2, 0.25) is 0 Å². The highest BCUT2D eigenvalue weighted by molar-refractivity contribution is 7.99. The Bertz CT molecular complexity index is 1310. The van der Waals surface area contributed by atoms with Gasteiger partial charge in [0.05, 0.1) is 11.4 Å². The Hall–Kier alpha value is -3.06. The van der Waals surface area contributed by atoms with Crippen LogP contribution in [-0.2, 0) is 4.79 Å². The van der Waals surface area contributed by atoms with Crippen molar-refractivity contribution in [2.24, 2.45) is 11.8 Å². The minimum atomic E-state index is 0.0942. The molecule has 2 N–H and O–H groups in total. The zero-order valence-corrected chi connectivity index (χ0v) is 19.4. The molecule has 0 radical (unpaired) electrons. The minimum Gasteiger partial charge on any atom is -0.360 e. The van der Waals surface area contributed by atoms with Gasteiger partial charge in [-0.05, 0) is 62.1 Å². The Balaban J connectivity index is 1.31. The van der Waals surface area contributed by atoms with Crippen LogP contribution in [0.1, 0.15) is 31.2 Å². The average Bonchev–Trinajstić information content (AvgIpc) is 3.76. The van der Waals surface area contributed by atoms with Crippen molar-refractivity contribution in [2.45, 2.75) is 43.8 Å². The van der Waals surface area contributed by atoms with Gasteiger partial charge in [0.1, 0.15) is 0 Å². The number of para-hydroxylation sites is 2. The summed E-state index contributed by atoms with van der Waals surface area (Å²) in [5.41, 5.74) is 4.22. The highest BCUT2D eigenvalue weighted by Crippen LogP contribution is 2.44. The predicted molar refractivity (Wildman–Crippen MR) is 131 cm³/mol. The minimum absolute atomic E-state index is 0.0942. The average molecular weight is 458 g/mol. The standard InChI is InChI=1S/C26H27N5OS/c1-16-6-2-5-9-22(16)31-25(20-14-27-21-8-4-3-7-19(20)21)29-30-26(31)33-15-23(32)28-24(17-10-11-17)18-12-13-18/h2-9,14,17-18,24,27H,10-13,15H2,1H3,(H,28,32). The van der Waals surface area contributed by atoms with Gasteiger partial charge in [-0.25, -0.2) is 0 Å². The van der Waals surface area contributed by atoms with Gasteiger partial charge in [0.25, 0.3) is 0 Å². The van der Waals surface area contributed by atoms with Crippen LogP contribution in [0.3, 0.4) is 0 Å². The molecule has 33 heavy (non-hydrogen) atoms. The Morgan fingerprint density at radius 3 is 2.58 bits per heavy atom. The van der Waals surface area contributed by atoms with Crippen molar-refractivity contribution in [3.8, 4) is 17.1 Å². The van der Waals surface area contributed by atoms with Crippen molar-refractivity contribution >= 4 is 28.6 Å². The summed E-state index contributed by atoms with van der Waals surface area (Å²) in [5.74, 6) is 2.59. The van der Waals surface area contributed by atoms with Gasteiger partial charge in [0, 0.05) is 28.7 Å². The molecule has 2 aliphatic carbocycles. The molecule has 0 atom stereocenters. The molecule has 2 heterocycles. The van der Waals surface area contributed by atoms with Crippen LogP contribution in [0.4, 0.5) is 0 Å². The Morgan fingerprint density at radius 1 is 1.09 bits per heavy atom. The molecular weight excluding hydrogens is 430 g/mol. The molecule has 7 heteroatoms. The summed E-state index contributed by atoms with van der Waals surface area (Å²) in [4.78, 5) is 16.2. The number of aromatic nitrogens is 4. The predicted octanol–water partition coefficient (Wildman–Crippen LogP) is 5.12. The van der Waals surface area contributed by atoms with Crippen molar-refractivity contribution in [1.29, 1.82) is 0 Å². The maximum Gasteiger partial charge on any atom is 0.230 e. The van der Waals surface area contributed by atoms with Crippen LogP contribution in [0.15, 0.2) is 59.9 Å². The van der Waals surface area contributed by atoms with E-state index in [-0.39, 0.29) is 5.91 Å². The van der Waals surface area contributed by atoms with E-state index in [9.17, 15) is 4.79 Å². The summed E-state index contributed by atoms with van der Waals surface area (Å²) in [7, 11) is 0. The molecule has 0 aliphatic heterocycles. The van der Waals surface area contributed by atoms with Crippen LogP contribution in [0, 0.1) is 18.8 Å². The quantitative estimate of drug-likeness (QED) is 0.360. The summed E-state index contributed by atoms with van der Waals surface area (Å²) < 4.78 is 2.09. The summed E-state index contributed by atoms with van der Waals surface area (Å²) >= 11 is 1.46. The first-order valence-corrected chi connectivity index (χ1v) is 12.7. The van der Waals surface area contributed by atoms with Crippen LogP contribution in [0.25, 0.3) is 28.0 Å². The molecule has 2 aromatic carbocycles. The maximum absolute atomic E-state index is 12.8. The lowest BCUT2D eigenvalue weighted by molar-refractivity contribution is -0.119. The number of H-pyrrole nitrogens is 1. The van der Waals surface area contributed by atoms with E-state index in [1.165, 1.54) is 37.4 Å². The van der Waals surface area contributed by atoms with Crippen LogP contribution in [-0.4, -0.2) is 37.5 Å². The molecule has 2 aromatic heterocycles. The first-order chi connectivity index (χ1) is 16.2. The van der Waals surface area contributed by atoms with E-state index in [1.54, 1.807) is 0 Å². The number of amides is 1. The number of fused-ring (bicyclic) bond motifs is 1. The molecule has 0 spiro atoms. The zero-order chi connectivity index (χ0) is 22.4. The van der Waals surface area contributed by atoms with E-state index in [0.717, 1.165) is 38.7 Å². The van der Waals surface area contributed by atoms with Gasteiger partial charge in [0.2, 0.25) is 5.91 Å². The van der Waals surface area contributed by atoms with Crippen molar-refractivity contribution in [1.82, 2.24) is 25.1 Å². The monoisotopic (exact) mass is 457 g/mol. The SMILES string of the molecule is Cc1ccccc1-n1c(SCC(=O)NC(C2CC2)C2CC2)nnc1-c1c[nH]c2ccccc12. The maximum atomic E-state index is 12.8. The van der Waals surface area contributed by atoms with Crippen molar-refractivity contribution in [3.63, 3.8) is 0 Å². The smallest absolute Gasteiger partial charge is 0.230 e. The van der Waals surface area contributed by atoms with Gasteiger partial charge in [-0.1, -0.05) is 48.2 Å². The summed E-state index contributed by atoms with van der Waals surface area (Å²) in [6.45, 7) is 2.09. The van der Waals surface area contributed by atoms with Gasteiger partial charge in [-0.3, -0.25) is 9.36 Å². The lowest BCUT2D eigenvalue weighted by Gasteiger charge is -2.17. The molecule has 2 saturated carbocycles. The highest BCUT2D eigenvalue weighted by Gasteiger charge is 2.42. The molecule has 2 fully saturated rings. The van der Waals surface area contributed by atoms with E-state index in [4.69, 9.17) is 0 Å². The van der Waals surface area contributed by atoms with E-state index >= 15 is 0 Å². The lowest BCUT2D eigenvalue weighted by atomic mass is 10.1. The molecule has 1 amide bonds. The molecule has 168 valence electrons. The Kier molecular flexibility index (Phi) is 5.21. The number of rotatable bonds is 8. The molecule has 4 aromatic rings. The fourth-order valence-corrected chi connectivity index (χ4v) is 5.47. The third-order valence-electron chi connectivity index (χ3n) is 6.74. The van der Waals surface area contributed by atoms with Gasteiger partial charge < -0.3 is 10.3 Å². The molecule has 2 aliphatic rings. The van der Waals surface area contributed by atoms with E-state index in [1.807, 2.05) is 30.5 Å². The topological polar surface area (TPSA) is 75.6 Å². The number of nitrogens with one attached hydrogen (secondary N) is 2. The van der Waals surface area contributed by atoms with Crippen LogP contribution < -0.4 is 5.32 Å². The second-order valence-electron chi connectivity index (χ2n) is 9.23. The number of benzene rings is 2. The van der Waals surface area contributed by atoms with Gasteiger partial charge in [0.15, 0.2) is 11.0 Å². The Labute approximate surface area is 197 Å². The fraction of sp³-hybridized carbons (Fsp3) is 0.346. The van der Waals surface area contributed by atoms with Crippen molar-refractivity contribution < 1.29 is 4.79 Å². The third kappa shape index (κ3) is 4.06. The van der Waals surface area contributed by atoms with Gasteiger partial charge in [-0.15, -0.1) is 10.2 Å². The first kappa shape index (κ1) is 20.5. The van der Waals surface area contributed by atoms with Crippen molar-refractivity contribution in [3.05, 3.63) is 60.3 Å². The number of carbonyl (C=O) groups is 1. The summed E-state index contributed by atoms with van der Waals surface area (Å²) in [6.07, 6.45) is 7.00. The van der Waals surface area contributed by atoms with Gasteiger partial charge >= 0.3 is 0 Å². The molecule has 0 saturated heterocycles. The zero-order valence-electron chi connectivity index (χ0n) is 18.6.